The molecule has 0 unspecified atom stereocenters. The van der Waals surface area contributed by atoms with Gasteiger partial charge in [0.15, 0.2) is 22.0 Å². The molecule has 4 aromatic rings. The first-order valence-corrected chi connectivity index (χ1v) is 11.6. The number of imidazole rings is 2. The Kier molecular flexibility index (Phi) is 6.17. The molecule has 168 valence electrons. The molecule has 0 bridgehead atoms. The molecular formula is C21H24N6O4S. The molecule has 0 aromatic carbocycles. The van der Waals surface area contributed by atoms with Gasteiger partial charge in [-0.3, -0.25) is 18.7 Å². The molecule has 0 spiro atoms. The first kappa shape index (κ1) is 21.9. The summed E-state index contributed by atoms with van der Waals surface area (Å²) >= 11 is 1.43. The highest BCUT2D eigenvalue weighted by molar-refractivity contribution is 7.98. The lowest BCUT2D eigenvalue weighted by molar-refractivity contribution is 0.0454. The molecule has 0 saturated heterocycles. The molecule has 0 amide bonds. The van der Waals surface area contributed by atoms with Crippen LogP contribution in [-0.4, -0.2) is 40.7 Å². The van der Waals surface area contributed by atoms with Crippen molar-refractivity contribution < 1.29 is 9.53 Å². The first-order valence-electron chi connectivity index (χ1n) is 10.4. The van der Waals surface area contributed by atoms with Gasteiger partial charge in [0.05, 0.1) is 5.52 Å². The van der Waals surface area contributed by atoms with Gasteiger partial charge in [-0.05, 0) is 31.7 Å². The van der Waals surface area contributed by atoms with Gasteiger partial charge in [-0.15, -0.1) is 0 Å². The Morgan fingerprint density at radius 3 is 2.72 bits per heavy atom. The van der Waals surface area contributed by atoms with Crippen molar-refractivity contribution in [2.24, 2.45) is 0 Å². The van der Waals surface area contributed by atoms with Gasteiger partial charge in [-0.1, -0.05) is 31.2 Å². The Morgan fingerprint density at radius 1 is 1.19 bits per heavy atom. The highest BCUT2D eigenvalue weighted by Crippen LogP contribution is 2.21. The minimum atomic E-state index is -0.582. The van der Waals surface area contributed by atoms with E-state index in [-0.39, 0.29) is 12.3 Å². The number of rotatable bonds is 8. The molecule has 4 rings (SSSR count). The van der Waals surface area contributed by atoms with E-state index in [9.17, 15) is 14.4 Å². The molecule has 1 N–H and O–H groups in total. The maximum absolute atomic E-state index is 12.8. The van der Waals surface area contributed by atoms with Gasteiger partial charge >= 0.3 is 11.7 Å². The first-order chi connectivity index (χ1) is 15.5. The van der Waals surface area contributed by atoms with Crippen molar-refractivity contribution in [3.63, 3.8) is 0 Å². The fourth-order valence-corrected chi connectivity index (χ4v) is 4.23. The van der Waals surface area contributed by atoms with Gasteiger partial charge in [0.25, 0.3) is 5.56 Å². The summed E-state index contributed by atoms with van der Waals surface area (Å²) in [7, 11) is 0. The number of carbonyl (C=O) groups is 1. The molecule has 32 heavy (non-hydrogen) atoms. The van der Waals surface area contributed by atoms with E-state index in [1.54, 1.807) is 10.6 Å². The third-order valence-corrected chi connectivity index (χ3v) is 5.89. The van der Waals surface area contributed by atoms with Crippen LogP contribution in [0.25, 0.3) is 16.7 Å². The van der Waals surface area contributed by atoms with Crippen LogP contribution < -0.4 is 11.2 Å². The number of thioether (sulfide) groups is 1. The van der Waals surface area contributed by atoms with E-state index in [0.717, 1.165) is 12.8 Å². The Morgan fingerprint density at radius 2 is 2.00 bits per heavy atom. The molecule has 10 nitrogen and oxygen atoms in total. The summed E-state index contributed by atoms with van der Waals surface area (Å²) in [6, 6.07) is 5.50. The van der Waals surface area contributed by atoms with Crippen LogP contribution in [0, 0.1) is 0 Å². The van der Waals surface area contributed by atoms with E-state index in [1.165, 1.54) is 16.3 Å². The van der Waals surface area contributed by atoms with Crippen molar-refractivity contribution in [3.05, 3.63) is 56.8 Å². The second-order valence-corrected chi connectivity index (χ2v) is 7.96. The average molecular weight is 457 g/mol. The second-order valence-electron chi connectivity index (χ2n) is 7.19. The summed E-state index contributed by atoms with van der Waals surface area (Å²) in [5, 5.41) is 0.680. The molecule has 0 aliphatic heterocycles. The molecule has 0 saturated carbocycles. The number of esters is 1. The fourth-order valence-electron chi connectivity index (χ4n) is 3.69. The van der Waals surface area contributed by atoms with Crippen LogP contribution >= 0.6 is 11.8 Å². The predicted octanol–water partition coefficient (Wildman–Crippen LogP) is 2.43. The van der Waals surface area contributed by atoms with Gasteiger partial charge < -0.3 is 9.30 Å². The van der Waals surface area contributed by atoms with Crippen molar-refractivity contribution in [1.82, 2.24) is 28.5 Å². The largest absolute Gasteiger partial charge is 0.453 e. The summed E-state index contributed by atoms with van der Waals surface area (Å²) < 4.78 is 10.5. The highest BCUT2D eigenvalue weighted by atomic mass is 32.2. The third kappa shape index (κ3) is 3.72. The Hall–Kier alpha value is -3.34. The zero-order valence-electron chi connectivity index (χ0n) is 18.1. The van der Waals surface area contributed by atoms with Crippen molar-refractivity contribution in [1.29, 1.82) is 0 Å². The van der Waals surface area contributed by atoms with Crippen LogP contribution in [0.3, 0.4) is 0 Å². The number of aryl methyl sites for hydroxylation is 2. The number of nitrogens with one attached hydrogen (secondary N) is 1. The van der Waals surface area contributed by atoms with Crippen LogP contribution in [0.1, 0.15) is 43.0 Å². The molecule has 0 radical (unpaired) electrons. The fraction of sp³-hybridized carbons (Fsp3) is 0.381. The van der Waals surface area contributed by atoms with E-state index in [0.29, 0.717) is 40.8 Å². The van der Waals surface area contributed by atoms with Crippen molar-refractivity contribution >= 4 is 34.4 Å². The minimum Gasteiger partial charge on any atom is -0.453 e. The van der Waals surface area contributed by atoms with Gasteiger partial charge in [-0.2, -0.15) is 0 Å². The molecule has 0 fully saturated rings. The number of nitrogens with zero attached hydrogens (tertiary/aromatic N) is 5. The number of ether oxygens (including phenoxy) is 1. The molecule has 0 aliphatic rings. The molecule has 4 aromatic heterocycles. The van der Waals surface area contributed by atoms with E-state index >= 15 is 0 Å². The van der Waals surface area contributed by atoms with Crippen LogP contribution in [0.2, 0.25) is 0 Å². The van der Waals surface area contributed by atoms with Gasteiger partial charge in [0, 0.05) is 19.3 Å². The predicted molar refractivity (Wildman–Crippen MR) is 121 cm³/mol. The molecule has 0 aliphatic carbocycles. The topological polar surface area (TPSA) is 116 Å². The number of pyridine rings is 1. The van der Waals surface area contributed by atoms with Crippen molar-refractivity contribution in [3.8, 4) is 0 Å². The quantitative estimate of drug-likeness (QED) is 0.320. The van der Waals surface area contributed by atoms with Gasteiger partial charge in [-0.25, -0.2) is 19.6 Å². The number of hydrogen-bond donors (Lipinski definition) is 1. The molecule has 11 heteroatoms. The standard InChI is InChI=1S/C21H24N6O4S/c1-4-6-10-27-17-16(18(28)24-20(27)30)25(5-2)14(22-17)12-31-19(29)15-13-9-7-8-11-26(13)21(23-15)32-3/h7-9,11H,4-6,10,12H2,1-3H3,(H,24,28,30). The third-order valence-electron chi connectivity index (χ3n) is 5.24. The normalized spacial score (nSPS) is 11.5. The summed E-state index contributed by atoms with van der Waals surface area (Å²) in [5.41, 5.74) is 0.467. The maximum atomic E-state index is 12.8. The van der Waals surface area contributed by atoms with Crippen LogP contribution in [0.4, 0.5) is 0 Å². The Balaban J connectivity index is 1.69. The lowest BCUT2D eigenvalue weighted by Crippen LogP contribution is -2.31. The van der Waals surface area contributed by atoms with Crippen LogP contribution in [-0.2, 0) is 24.4 Å². The zero-order chi connectivity index (χ0) is 22.8. The van der Waals surface area contributed by atoms with E-state index in [1.807, 2.05) is 42.8 Å². The van der Waals surface area contributed by atoms with E-state index < -0.39 is 17.2 Å². The number of aromatic nitrogens is 6. The lowest BCUT2D eigenvalue weighted by Gasteiger charge is -2.07. The monoisotopic (exact) mass is 456 g/mol. The number of aromatic amines is 1. The summed E-state index contributed by atoms with van der Waals surface area (Å²) in [4.78, 5) is 49.0. The summed E-state index contributed by atoms with van der Waals surface area (Å²) in [5.74, 6) is -0.188. The average Bonchev–Trinajstić information content (AvgIpc) is 3.36. The minimum absolute atomic E-state index is 0.150. The van der Waals surface area contributed by atoms with E-state index in [2.05, 4.69) is 15.0 Å². The number of unbranched alkanes of at least 4 members (excludes halogenated alkanes) is 1. The Labute approximate surface area is 187 Å². The SMILES string of the molecule is CCCCn1c(=O)[nH]c(=O)c2c1nc(COC(=O)c1nc(SC)n3ccccc13)n2CC. The number of fused-ring (bicyclic) bond motifs is 2. The second kappa shape index (κ2) is 9.03. The van der Waals surface area contributed by atoms with Gasteiger partial charge in [0.2, 0.25) is 0 Å². The molecule has 4 heterocycles. The number of H-pyrrole nitrogens is 1. The van der Waals surface area contributed by atoms with Crippen LogP contribution in [0.5, 0.6) is 0 Å². The van der Waals surface area contributed by atoms with Gasteiger partial charge in [0.1, 0.15) is 12.4 Å². The van der Waals surface area contributed by atoms with Crippen molar-refractivity contribution in [2.75, 3.05) is 6.26 Å². The molecule has 0 atom stereocenters. The smallest absolute Gasteiger partial charge is 0.359 e. The lowest BCUT2D eigenvalue weighted by atomic mass is 10.3. The van der Waals surface area contributed by atoms with Crippen molar-refractivity contribution in [2.45, 2.75) is 51.5 Å². The van der Waals surface area contributed by atoms with Crippen LogP contribution in [0.15, 0.2) is 39.1 Å². The Bertz CT molecular complexity index is 1410. The highest BCUT2D eigenvalue weighted by Gasteiger charge is 2.22. The zero-order valence-corrected chi connectivity index (χ0v) is 18.9. The molecular weight excluding hydrogens is 432 g/mol. The number of carbonyl (C=O) groups excluding carboxylic acids is 1. The van der Waals surface area contributed by atoms with E-state index in [4.69, 9.17) is 4.74 Å². The summed E-state index contributed by atoms with van der Waals surface area (Å²) in [6.07, 6.45) is 5.39. The number of hydrogen-bond acceptors (Lipinski definition) is 7. The maximum Gasteiger partial charge on any atom is 0.359 e. The summed E-state index contributed by atoms with van der Waals surface area (Å²) in [6.45, 7) is 4.61.